The van der Waals surface area contributed by atoms with Crippen molar-refractivity contribution in [3.05, 3.63) is 65.5 Å². The van der Waals surface area contributed by atoms with Crippen LogP contribution in [0.15, 0.2) is 48.5 Å². The van der Waals surface area contributed by atoms with E-state index in [-0.39, 0.29) is 17.8 Å². The van der Waals surface area contributed by atoms with Gasteiger partial charge >= 0.3 is 0 Å². The van der Waals surface area contributed by atoms with E-state index in [0.29, 0.717) is 24.5 Å². The van der Waals surface area contributed by atoms with Crippen LogP contribution in [-0.4, -0.2) is 36.5 Å². The SMILES string of the molecule is CCN(CC)C(C)CNC(=O)c1cccc(OCc2ccc(F)cc2)c1. The quantitative estimate of drug-likeness (QED) is 0.740. The number of ether oxygens (including phenoxy) is 1. The fourth-order valence-corrected chi connectivity index (χ4v) is 2.79. The number of hydrogen-bond donors (Lipinski definition) is 1. The van der Waals surface area contributed by atoms with E-state index < -0.39 is 0 Å². The van der Waals surface area contributed by atoms with E-state index in [0.717, 1.165) is 18.7 Å². The fraction of sp³-hybridized carbons (Fsp3) is 0.381. The Kier molecular flexibility index (Phi) is 7.60. The average Bonchev–Trinajstić information content (AvgIpc) is 2.67. The summed E-state index contributed by atoms with van der Waals surface area (Å²) in [4.78, 5) is 14.7. The van der Waals surface area contributed by atoms with Crippen molar-refractivity contribution in [1.29, 1.82) is 0 Å². The molecule has 1 amide bonds. The van der Waals surface area contributed by atoms with Gasteiger partial charge < -0.3 is 10.1 Å². The monoisotopic (exact) mass is 358 g/mol. The van der Waals surface area contributed by atoms with Crippen LogP contribution < -0.4 is 10.1 Å². The number of nitrogens with one attached hydrogen (secondary N) is 1. The maximum absolute atomic E-state index is 12.9. The van der Waals surface area contributed by atoms with Crippen molar-refractivity contribution in [1.82, 2.24) is 10.2 Å². The normalized spacial score (nSPS) is 12.0. The van der Waals surface area contributed by atoms with Crippen LogP contribution >= 0.6 is 0 Å². The van der Waals surface area contributed by atoms with Gasteiger partial charge in [0.1, 0.15) is 18.2 Å². The van der Waals surface area contributed by atoms with Gasteiger partial charge in [-0.2, -0.15) is 0 Å². The van der Waals surface area contributed by atoms with E-state index in [1.807, 2.05) is 0 Å². The molecule has 0 saturated heterocycles. The van der Waals surface area contributed by atoms with Crippen LogP contribution in [0, 0.1) is 5.82 Å². The minimum absolute atomic E-state index is 0.115. The topological polar surface area (TPSA) is 41.6 Å². The Morgan fingerprint density at radius 3 is 2.50 bits per heavy atom. The molecule has 0 saturated carbocycles. The Bertz CT molecular complexity index is 699. The van der Waals surface area contributed by atoms with Gasteiger partial charge in [-0.15, -0.1) is 0 Å². The van der Waals surface area contributed by atoms with Crippen molar-refractivity contribution in [3.8, 4) is 5.75 Å². The van der Waals surface area contributed by atoms with Crippen LogP contribution in [0.2, 0.25) is 0 Å². The molecule has 0 heterocycles. The molecule has 2 aromatic carbocycles. The molecule has 0 aliphatic carbocycles. The lowest BCUT2D eigenvalue weighted by Gasteiger charge is -2.26. The lowest BCUT2D eigenvalue weighted by Crippen LogP contribution is -2.42. The van der Waals surface area contributed by atoms with E-state index in [2.05, 4.69) is 31.0 Å². The van der Waals surface area contributed by atoms with Gasteiger partial charge in [0.05, 0.1) is 0 Å². The van der Waals surface area contributed by atoms with Crippen LogP contribution in [0.3, 0.4) is 0 Å². The van der Waals surface area contributed by atoms with E-state index in [1.54, 1.807) is 36.4 Å². The number of halogens is 1. The summed E-state index contributed by atoms with van der Waals surface area (Å²) in [5.41, 5.74) is 1.43. The zero-order valence-electron chi connectivity index (χ0n) is 15.7. The molecule has 0 radical (unpaired) electrons. The highest BCUT2D eigenvalue weighted by Crippen LogP contribution is 2.15. The fourth-order valence-electron chi connectivity index (χ4n) is 2.79. The average molecular weight is 358 g/mol. The van der Waals surface area contributed by atoms with Crippen LogP contribution in [-0.2, 0) is 6.61 Å². The zero-order chi connectivity index (χ0) is 18.9. The van der Waals surface area contributed by atoms with Crippen LogP contribution in [0.25, 0.3) is 0 Å². The molecule has 140 valence electrons. The molecule has 1 unspecified atom stereocenters. The minimum Gasteiger partial charge on any atom is -0.489 e. The first-order chi connectivity index (χ1) is 12.5. The third-order valence-corrected chi connectivity index (χ3v) is 4.41. The number of likely N-dealkylation sites (N-methyl/N-ethyl adjacent to an activating group) is 1. The summed E-state index contributed by atoms with van der Waals surface area (Å²) in [7, 11) is 0. The second-order valence-electron chi connectivity index (χ2n) is 6.22. The van der Waals surface area contributed by atoms with Crippen molar-refractivity contribution >= 4 is 5.91 Å². The van der Waals surface area contributed by atoms with Crippen molar-refractivity contribution in [2.45, 2.75) is 33.4 Å². The Labute approximate surface area is 155 Å². The van der Waals surface area contributed by atoms with Crippen LogP contribution in [0.5, 0.6) is 5.75 Å². The summed E-state index contributed by atoms with van der Waals surface area (Å²) >= 11 is 0. The smallest absolute Gasteiger partial charge is 0.251 e. The molecule has 0 aliphatic heterocycles. The third kappa shape index (κ3) is 5.85. The molecule has 0 bridgehead atoms. The number of hydrogen-bond acceptors (Lipinski definition) is 3. The molecular weight excluding hydrogens is 331 g/mol. The molecule has 0 aromatic heterocycles. The molecule has 0 fully saturated rings. The number of carbonyl (C=O) groups is 1. The maximum atomic E-state index is 12.9. The number of amides is 1. The van der Waals surface area contributed by atoms with Gasteiger partial charge in [-0.1, -0.05) is 32.0 Å². The van der Waals surface area contributed by atoms with Crippen molar-refractivity contribution in [3.63, 3.8) is 0 Å². The zero-order valence-corrected chi connectivity index (χ0v) is 15.7. The lowest BCUT2D eigenvalue weighted by atomic mass is 10.2. The van der Waals surface area contributed by atoms with Gasteiger partial charge in [-0.25, -0.2) is 4.39 Å². The predicted molar refractivity (Wildman–Crippen MR) is 102 cm³/mol. The molecule has 2 rings (SSSR count). The van der Waals surface area contributed by atoms with Crippen LogP contribution in [0.4, 0.5) is 4.39 Å². The maximum Gasteiger partial charge on any atom is 0.251 e. The molecule has 26 heavy (non-hydrogen) atoms. The highest BCUT2D eigenvalue weighted by Gasteiger charge is 2.12. The largest absolute Gasteiger partial charge is 0.489 e. The summed E-state index contributed by atoms with van der Waals surface area (Å²) in [5, 5.41) is 2.98. The van der Waals surface area contributed by atoms with Crippen molar-refractivity contribution in [2.24, 2.45) is 0 Å². The van der Waals surface area contributed by atoms with E-state index >= 15 is 0 Å². The Hall–Kier alpha value is -2.40. The minimum atomic E-state index is -0.272. The number of carbonyl (C=O) groups excluding carboxylic acids is 1. The number of benzene rings is 2. The number of rotatable bonds is 9. The van der Waals surface area contributed by atoms with Crippen molar-refractivity contribution < 1.29 is 13.9 Å². The molecule has 5 heteroatoms. The van der Waals surface area contributed by atoms with Crippen molar-refractivity contribution in [2.75, 3.05) is 19.6 Å². The molecule has 1 atom stereocenters. The van der Waals surface area contributed by atoms with Gasteiger partial charge in [0.2, 0.25) is 0 Å². The van der Waals surface area contributed by atoms with Gasteiger partial charge in [-0.3, -0.25) is 9.69 Å². The molecular formula is C21H27FN2O2. The third-order valence-electron chi connectivity index (χ3n) is 4.41. The predicted octanol–water partition coefficient (Wildman–Crippen LogP) is 3.86. The van der Waals surface area contributed by atoms with E-state index in [1.165, 1.54) is 12.1 Å². The standard InChI is InChI=1S/C21H27FN2O2/c1-4-24(5-2)16(3)14-23-21(25)18-7-6-8-20(13-18)26-15-17-9-11-19(22)12-10-17/h6-13,16H,4-5,14-15H2,1-3H3,(H,23,25). The summed E-state index contributed by atoms with van der Waals surface area (Å²) in [6.07, 6.45) is 0. The first kappa shape index (κ1) is 19.9. The van der Waals surface area contributed by atoms with Gasteiger partial charge in [0.25, 0.3) is 5.91 Å². The second-order valence-corrected chi connectivity index (χ2v) is 6.22. The summed E-state index contributed by atoms with van der Waals surface area (Å²) in [6.45, 7) is 9.18. The van der Waals surface area contributed by atoms with Gasteiger partial charge in [0, 0.05) is 18.2 Å². The number of nitrogens with zero attached hydrogens (tertiary/aromatic N) is 1. The molecule has 2 aromatic rings. The Morgan fingerprint density at radius 1 is 1.15 bits per heavy atom. The van der Waals surface area contributed by atoms with E-state index in [9.17, 15) is 9.18 Å². The highest BCUT2D eigenvalue weighted by molar-refractivity contribution is 5.94. The summed E-state index contributed by atoms with van der Waals surface area (Å²) in [5.74, 6) is 0.223. The first-order valence-electron chi connectivity index (χ1n) is 9.03. The lowest BCUT2D eigenvalue weighted by molar-refractivity contribution is 0.0937. The summed E-state index contributed by atoms with van der Waals surface area (Å²) < 4.78 is 18.6. The van der Waals surface area contributed by atoms with Gasteiger partial charge in [-0.05, 0) is 55.9 Å². The molecule has 0 aliphatic rings. The summed E-state index contributed by atoms with van der Waals surface area (Å²) in [6, 6.07) is 13.5. The Balaban J connectivity index is 1.90. The highest BCUT2D eigenvalue weighted by atomic mass is 19.1. The molecule has 4 nitrogen and oxygen atoms in total. The molecule has 0 spiro atoms. The second kappa shape index (κ2) is 9.92. The molecule has 1 N–H and O–H groups in total. The van der Waals surface area contributed by atoms with Crippen LogP contribution in [0.1, 0.15) is 36.7 Å². The van der Waals surface area contributed by atoms with Gasteiger partial charge in [0.15, 0.2) is 0 Å². The van der Waals surface area contributed by atoms with E-state index in [4.69, 9.17) is 4.74 Å². The first-order valence-corrected chi connectivity index (χ1v) is 9.03. The Morgan fingerprint density at radius 2 is 1.85 bits per heavy atom.